The Kier molecular flexibility index (Phi) is 8.27. The number of nitrogens with zero attached hydrogens (tertiary/aromatic N) is 2. The van der Waals surface area contributed by atoms with Gasteiger partial charge in [-0.15, -0.1) is 0 Å². The highest BCUT2D eigenvalue weighted by atomic mass is 79.9. The van der Waals surface area contributed by atoms with Crippen molar-refractivity contribution in [2.75, 3.05) is 11.5 Å². The van der Waals surface area contributed by atoms with Gasteiger partial charge in [-0.3, -0.25) is 9.69 Å². The first-order valence-electron chi connectivity index (χ1n) is 11.0. The van der Waals surface area contributed by atoms with E-state index in [-0.39, 0.29) is 5.91 Å². The number of carbonyl (C=O) groups excluding carboxylic acids is 1. The maximum atomic E-state index is 13.6. The highest BCUT2D eigenvalue weighted by molar-refractivity contribution is 9.10. The number of ether oxygens (including phenoxy) is 1. The smallest absolute Gasteiger partial charge is 0.271 e. The molecule has 0 aromatic heterocycles. The second-order valence-electron chi connectivity index (χ2n) is 8.05. The Hall–Kier alpha value is -2.25. The Morgan fingerprint density at radius 1 is 1.03 bits per heavy atom. The molecule has 8 heteroatoms. The first-order chi connectivity index (χ1) is 16.8. The topological polar surface area (TPSA) is 41.9 Å². The fourth-order valence-corrected chi connectivity index (χ4v) is 5.21. The van der Waals surface area contributed by atoms with Gasteiger partial charge in [-0.1, -0.05) is 48.3 Å². The first kappa shape index (κ1) is 25.8. The molecule has 0 unspecified atom stereocenters. The van der Waals surface area contributed by atoms with Crippen LogP contribution in [0.4, 0.5) is 11.4 Å². The van der Waals surface area contributed by atoms with E-state index in [1.807, 2.05) is 62.4 Å². The number of benzene rings is 3. The van der Waals surface area contributed by atoms with Crippen LogP contribution in [0, 0.1) is 13.8 Å². The van der Waals surface area contributed by atoms with Crippen molar-refractivity contribution < 1.29 is 9.53 Å². The van der Waals surface area contributed by atoms with E-state index < -0.39 is 0 Å². The van der Waals surface area contributed by atoms with Crippen LogP contribution in [0.15, 0.2) is 69.0 Å². The minimum atomic E-state index is -0.172. The average molecular weight is 590 g/mol. The molecule has 1 aliphatic heterocycles. The van der Waals surface area contributed by atoms with Crippen LogP contribution in [0.25, 0.3) is 6.08 Å². The fraction of sp³-hybridized carbons (Fsp3) is 0.185. The molecule has 1 heterocycles. The summed E-state index contributed by atoms with van der Waals surface area (Å²) in [6, 6.07) is 16.9. The van der Waals surface area contributed by atoms with Crippen molar-refractivity contribution in [3.05, 3.63) is 90.7 Å². The van der Waals surface area contributed by atoms with Gasteiger partial charge in [0.25, 0.3) is 5.91 Å². The highest BCUT2D eigenvalue weighted by Gasteiger charge is 2.35. The Balaban J connectivity index is 1.74. The van der Waals surface area contributed by atoms with Crippen LogP contribution in [0.2, 0.25) is 10.0 Å². The van der Waals surface area contributed by atoms with Crippen molar-refractivity contribution >= 4 is 79.4 Å². The second-order valence-corrected chi connectivity index (χ2v) is 10.7. The lowest BCUT2D eigenvalue weighted by Crippen LogP contribution is -2.28. The zero-order valence-corrected chi connectivity index (χ0v) is 23.4. The van der Waals surface area contributed by atoms with Crippen LogP contribution < -0.4 is 9.64 Å². The number of amidine groups is 1. The lowest BCUT2D eigenvalue weighted by Gasteiger charge is -2.16. The monoisotopic (exact) mass is 588 g/mol. The van der Waals surface area contributed by atoms with Crippen molar-refractivity contribution in [1.29, 1.82) is 0 Å². The number of hydrogen-bond acceptors (Lipinski definition) is 4. The number of rotatable bonds is 6. The van der Waals surface area contributed by atoms with E-state index in [1.165, 1.54) is 11.8 Å². The minimum Gasteiger partial charge on any atom is -0.492 e. The van der Waals surface area contributed by atoms with Crippen LogP contribution in [0.5, 0.6) is 5.75 Å². The molecular weight excluding hydrogens is 567 g/mol. The molecular formula is C27H23BrCl2N2O2S. The van der Waals surface area contributed by atoms with E-state index >= 15 is 0 Å². The minimum absolute atomic E-state index is 0.172. The molecule has 0 spiro atoms. The van der Waals surface area contributed by atoms with Crippen LogP contribution >= 0.6 is 50.9 Å². The third-order valence-corrected chi connectivity index (χ3v) is 7.72. The third-order valence-electron chi connectivity index (χ3n) is 5.32. The van der Waals surface area contributed by atoms with Crippen molar-refractivity contribution in [3.8, 4) is 5.75 Å². The largest absolute Gasteiger partial charge is 0.492 e. The number of aryl methyl sites for hydroxylation is 2. The van der Waals surface area contributed by atoms with Crippen molar-refractivity contribution in [2.24, 2.45) is 4.99 Å². The molecule has 1 fully saturated rings. The Morgan fingerprint density at radius 2 is 1.74 bits per heavy atom. The van der Waals surface area contributed by atoms with Crippen LogP contribution in [-0.2, 0) is 4.79 Å². The van der Waals surface area contributed by atoms with Crippen LogP contribution in [-0.4, -0.2) is 17.7 Å². The van der Waals surface area contributed by atoms with E-state index in [0.717, 1.165) is 33.3 Å². The lowest BCUT2D eigenvalue weighted by molar-refractivity contribution is -0.113. The lowest BCUT2D eigenvalue weighted by atomic mass is 10.2. The molecule has 4 rings (SSSR count). The van der Waals surface area contributed by atoms with E-state index in [4.69, 9.17) is 32.9 Å². The molecule has 0 aliphatic carbocycles. The predicted molar refractivity (Wildman–Crippen MR) is 152 cm³/mol. The standard InChI is InChI=1S/C27H23BrCl2N2O2S/c1-4-11-34-24-10-7-18(12-21(24)28)13-25-26(33)32(20-9-6-17(3)23(30)15-20)27(35-25)31-19-8-5-16(2)22(29)14-19/h5-10,12-15H,4,11H2,1-3H3/b25-13+,31-27?. The van der Waals surface area contributed by atoms with Crippen LogP contribution in [0.1, 0.15) is 30.0 Å². The predicted octanol–water partition coefficient (Wildman–Crippen LogP) is 8.97. The number of amides is 1. The number of hydrogen-bond donors (Lipinski definition) is 0. The maximum Gasteiger partial charge on any atom is 0.271 e. The third kappa shape index (κ3) is 5.95. The summed E-state index contributed by atoms with van der Waals surface area (Å²) in [6.45, 7) is 6.56. The van der Waals surface area contributed by atoms with Gasteiger partial charge in [0, 0.05) is 10.0 Å². The van der Waals surface area contributed by atoms with Gasteiger partial charge < -0.3 is 4.74 Å². The quantitative estimate of drug-likeness (QED) is 0.269. The summed E-state index contributed by atoms with van der Waals surface area (Å²) < 4.78 is 6.57. The van der Waals surface area contributed by atoms with Gasteiger partial charge >= 0.3 is 0 Å². The van der Waals surface area contributed by atoms with Gasteiger partial charge in [0.1, 0.15) is 5.75 Å². The average Bonchev–Trinajstić information content (AvgIpc) is 3.12. The highest BCUT2D eigenvalue weighted by Crippen LogP contribution is 2.39. The SMILES string of the molecule is CCCOc1ccc(/C=C2/SC(=Nc3ccc(C)c(Cl)c3)N(c3ccc(C)c(Cl)c3)C2=O)cc1Br. The Labute approximate surface area is 228 Å². The summed E-state index contributed by atoms with van der Waals surface area (Å²) in [7, 11) is 0. The molecule has 1 saturated heterocycles. The van der Waals surface area contributed by atoms with E-state index in [2.05, 4.69) is 22.9 Å². The zero-order chi connectivity index (χ0) is 25.1. The van der Waals surface area contributed by atoms with E-state index in [0.29, 0.717) is 38.1 Å². The van der Waals surface area contributed by atoms with Gasteiger partial charge in [-0.25, -0.2) is 4.99 Å². The molecule has 3 aromatic carbocycles. The van der Waals surface area contributed by atoms with Gasteiger partial charge in [0.05, 0.1) is 27.4 Å². The number of halogens is 3. The summed E-state index contributed by atoms with van der Waals surface area (Å²) in [5.74, 6) is 0.600. The molecule has 3 aromatic rings. The van der Waals surface area contributed by atoms with Crippen molar-refractivity contribution in [1.82, 2.24) is 0 Å². The summed E-state index contributed by atoms with van der Waals surface area (Å²) in [5, 5.41) is 1.74. The summed E-state index contributed by atoms with van der Waals surface area (Å²) in [4.78, 5) is 20.5. The first-order valence-corrected chi connectivity index (χ1v) is 13.4. The second kappa shape index (κ2) is 11.2. The van der Waals surface area contributed by atoms with E-state index in [1.54, 1.807) is 17.0 Å². The molecule has 1 aliphatic rings. The Bertz CT molecular complexity index is 1360. The van der Waals surface area contributed by atoms with Crippen molar-refractivity contribution in [2.45, 2.75) is 27.2 Å². The Morgan fingerprint density at radius 3 is 2.40 bits per heavy atom. The molecule has 1 amide bonds. The van der Waals surface area contributed by atoms with Gasteiger partial charge in [-0.2, -0.15) is 0 Å². The zero-order valence-electron chi connectivity index (χ0n) is 19.4. The summed E-state index contributed by atoms with van der Waals surface area (Å²) in [6.07, 6.45) is 2.78. The van der Waals surface area contributed by atoms with Gasteiger partial charge in [0.15, 0.2) is 5.17 Å². The number of aliphatic imine (C=N–C) groups is 1. The summed E-state index contributed by atoms with van der Waals surface area (Å²) >= 11 is 17.6. The molecule has 0 radical (unpaired) electrons. The molecule has 35 heavy (non-hydrogen) atoms. The molecule has 4 nitrogen and oxygen atoms in total. The normalized spacial score (nSPS) is 15.9. The number of thioether (sulfide) groups is 1. The molecule has 180 valence electrons. The van der Waals surface area contributed by atoms with E-state index in [9.17, 15) is 4.79 Å². The number of anilines is 1. The maximum absolute atomic E-state index is 13.6. The molecule has 0 bridgehead atoms. The number of carbonyl (C=O) groups is 1. The van der Waals surface area contributed by atoms with Crippen LogP contribution in [0.3, 0.4) is 0 Å². The van der Waals surface area contributed by atoms with Gasteiger partial charge in [-0.05, 0) is 107 Å². The van der Waals surface area contributed by atoms with Crippen molar-refractivity contribution in [3.63, 3.8) is 0 Å². The molecule has 0 atom stereocenters. The van der Waals surface area contributed by atoms with Gasteiger partial charge in [0.2, 0.25) is 0 Å². The fourth-order valence-electron chi connectivity index (χ4n) is 3.35. The summed E-state index contributed by atoms with van der Waals surface area (Å²) in [5.41, 5.74) is 4.09. The molecule has 0 N–H and O–H groups in total. The molecule has 0 saturated carbocycles.